The Labute approximate surface area is 118 Å². The third-order valence-corrected chi connectivity index (χ3v) is 3.87. The molecule has 1 aromatic carbocycles. The number of nitrogens with one attached hydrogen (secondary N) is 1. The largest absolute Gasteiger partial charge is 0.408 e. The molecule has 0 saturated carbocycles. The van der Waals surface area contributed by atoms with Gasteiger partial charge in [-0.2, -0.15) is 13.2 Å². The summed E-state index contributed by atoms with van der Waals surface area (Å²) in [5.74, 6) is 0. The zero-order valence-electron chi connectivity index (χ0n) is 11.7. The molecule has 2 atom stereocenters. The van der Waals surface area contributed by atoms with E-state index in [0.717, 1.165) is 19.3 Å². The molecule has 2 rings (SSSR count). The molecule has 0 spiro atoms. The van der Waals surface area contributed by atoms with Gasteiger partial charge in [0.25, 0.3) is 0 Å². The number of hydrogen-bond donors (Lipinski definition) is 1. The third kappa shape index (κ3) is 3.52. The number of nitrogens with zero attached hydrogens (tertiary/aromatic N) is 1. The predicted octanol–water partition coefficient (Wildman–Crippen LogP) is 3.36. The molecule has 1 aliphatic rings. The van der Waals surface area contributed by atoms with Crippen molar-refractivity contribution in [1.29, 1.82) is 0 Å². The van der Waals surface area contributed by atoms with Crippen LogP contribution in [0.3, 0.4) is 0 Å². The van der Waals surface area contributed by atoms with Crippen LogP contribution in [-0.2, 0) is 0 Å². The van der Waals surface area contributed by atoms with Crippen LogP contribution in [0.15, 0.2) is 30.3 Å². The Bertz CT molecular complexity index is 403. The molecule has 1 saturated heterocycles. The molecule has 0 aromatic heterocycles. The van der Waals surface area contributed by atoms with E-state index in [2.05, 4.69) is 5.32 Å². The first-order valence-corrected chi connectivity index (χ1v) is 7.06. The second-order valence-corrected chi connectivity index (χ2v) is 5.30. The van der Waals surface area contributed by atoms with Crippen LogP contribution in [0.2, 0.25) is 0 Å². The average Bonchev–Trinajstić information content (AvgIpc) is 2.41. The minimum Gasteiger partial charge on any atom is -0.318 e. The maximum absolute atomic E-state index is 13.5. The summed E-state index contributed by atoms with van der Waals surface area (Å²) >= 11 is 0. The maximum atomic E-state index is 13.5. The molecule has 112 valence electrons. The number of likely N-dealkylation sites (N-methyl/N-ethyl adjacent to an activating group) is 1. The van der Waals surface area contributed by atoms with Crippen LogP contribution in [0.25, 0.3) is 0 Å². The molecule has 1 heterocycles. The van der Waals surface area contributed by atoms with Gasteiger partial charge in [0.15, 0.2) is 0 Å². The molecule has 2 nitrogen and oxygen atoms in total. The van der Waals surface area contributed by atoms with Gasteiger partial charge in [-0.15, -0.1) is 0 Å². The monoisotopic (exact) mass is 286 g/mol. The highest BCUT2D eigenvalue weighted by molar-refractivity contribution is 5.21. The van der Waals surface area contributed by atoms with Crippen molar-refractivity contribution in [2.75, 3.05) is 20.1 Å². The van der Waals surface area contributed by atoms with Crippen molar-refractivity contribution in [3.8, 4) is 0 Å². The fourth-order valence-corrected chi connectivity index (χ4v) is 3.02. The highest BCUT2D eigenvalue weighted by Crippen LogP contribution is 2.40. The van der Waals surface area contributed by atoms with E-state index in [0.29, 0.717) is 18.7 Å². The molecule has 20 heavy (non-hydrogen) atoms. The van der Waals surface area contributed by atoms with Crippen molar-refractivity contribution in [2.24, 2.45) is 0 Å². The zero-order valence-corrected chi connectivity index (χ0v) is 11.7. The van der Waals surface area contributed by atoms with Crippen LogP contribution in [-0.4, -0.2) is 37.3 Å². The van der Waals surface area contributed by atoms with Gasteiger partial charge in [-0.05, 0) is 32.0 Å². The summed E-state index contributed by atoms with van der Waals surface area (Å²) < 4.78 is 40.6. The number of benzene rings is 1. The van der Waals surface area contributed by atoms with E-state index in [4.69, 9.17) is 0 Å². The number of rotatable bonds is 4. The van der Waals surface area contributed by atoms with E-state index in [1.54, 1.807) is 42.3 Å². The van der Waals surface area contributed by atoms with Crippen LogP contribution in [0.1, 0.15) is 30.9 Å². The van der Waals surface area contributed by atoms with E-state index in [1.807, 2.05) is 0 Å². The van der Waals surface area contributed by atoms with Gasteiger partial charge in [0.05, 0.1) is 0 Å². The van der Waals surface area contributed by atoms with Gasteiger partial charge in [-0.25, -0.2) is 0 Å². The smallest absolute Gasteiger partial charge is 0.318 e. The summed E-state index contributed by atoms with van der Waals surface area (Å²) in [6.45, 7) is 1.10. The van der Waals surface area contributed by atoms with Gasteiger partial charge in [0.1, 0.15) is 6.04 Å². The molecule has 1 fully saturated rings. The first kappa shape index (κ1) is 15.3. The lowest BCUT2D eigenvalue weighted by Crippen LogP contribution is -2.50. The van der Waals surface area contributed by atoms with Gasteiger partial charge in [-0.1, -0.05) is 36.8 Å². The SMILES string of the molecule is CNCC1CCCCN1C(c1ccccc1)C(F)(F)F. The first-order chi connectivity index (χ1) is 9.54. The molecule has 5 heteroatoms. The quantitative estimate of drug-likeness (QED) is 0.913. The van der Waals surface area contributed by atoms with Gasteiger partial charge in [0.2, 0.25) is 0 Å². The number of hydrogen-bond acceptors (Lipinski definition) is 2. The van der Waals surface area contributed by atoms with Crippen LogP contribution in [0.4, 0.5) is 13.2 Å². The van der Waals surface area contributed by atoms with Crippen molar-refractivity contribution in [3.05, 3.63) is 35.9 Å². The fourth-order valence-electron chi connectivity index (χ4n) is 3.02. The predicted molar refractivity (Wildman–Crippen MR) is 73.5 cm³/mol. The number of halogens is 3. The molecule has 0 amide bonds. The highest BCUT2D eigenvalue weighted by Gasteiger charge is 2.46. The number of alkyl halides is 3. The molecule has 0 bridgehead atoms. The lowest BCUT2D eigenvalue weighted by atomic mass is 9.96. The molecule has 1 aromatic rings. The molecule has 0 radical (unpaired) electrons. The van der Waals surface area contributed by atoms with Crippen molar-refractivity contribution in [2.45, 2.75) is 37.5 Å². The van der Waals surface area contributed by atoms with Gasteiger partial charge in [0, 0.05) is 12.6 Å². The van der Waals surface area contributed by atoms with Crippen LogP contribution in [0.5, 0.6) is 0 Å². The first-order valence-electron chi connectivity index (χ1n) is 7.06. The van der Waals surface area contributed by atoms with E-state index < -0.39 is 12.2 Å². The lowest BCUT2D eigenvalue weighted by molar-refractivity contribution is -0.195. The Kier molecular flexibility index (Phi) is 5.05. The van der Waals surface area contributed by atoms with Crippen LogP contribution >= 0.6 is 0 Å². The van der Waals surface area contributed by atoms with E-state index in [-0.39, 0.29) is 6.04 Å². The summed E-state index contributed by atoms with van der Waals surface area (Å²) in [7, 11) is 1.79. The highest BCUT2D eigenvalue weighted by atomic mass is 19.4. The normalized spacial score (nSPS) is 22.7. The van der Waals surface area contributed by atoms with Gasteiger partial charge >= 0.3 is 6.18 Å². The minimum absolute atomic E-state index is 0.0550. The summed E-state index contributed by atoms with van der Waals surface area (Å²) in [5.41, 5.74) is 0.336. The molecule has 0 aliphatic carbocycles. The molecule has 1 N–H and O–H groups in total. The summed E-state index contributed by atoms with van der Waals surface area (Å²) in [5, 5.41) is 3.02. The van der Waals surface area contributed by atoms with Crippen LogP contribution in [0, 0.1) is 0 Å². The third-order valence-electron chi connectivity index (χ3n) is 3.87. The zero-order chi connectivity index (χ0) is 14.6. The maximum Gasteiger partial charge on any atom is 0.408 e. The average molecular weight is 286 g/mol. The number of piperidine rings is 1. The Morgan fingerprint density at radius 1 is 1.25 bits per heavy atom. The Balaban J connectivity index is 2.30. The van der Waals surface area contributed by atoms with Crippen molar-refractivity contribution < 1.29 is 13.2 Å². The van der Waals surface area contributed by atoms with Crippen molar-refractivity contribution >= 4 is 0 Å². The summed E-state index contributed by atoms with van der Waals surface area (Å²) in [4.78, 5) is 1.62. The second-order valence-electron chi connectivity index (χ2n) is 5.30. The summed E-state index contributed by atoms with van der Waals surface area (Å²) in [6.07, 6.45) is -1.59. The molecule has 1 aliphatic heterocycles. The number of likely N-dealkylation sites (tertiary alicyclic amines) is 1. The standard InChI is InChI=1S/C15H21F3N2/c1-19-11-13-9-5-6-10-20(13)14(15(16,17)18)12-7-3-2-4-8-12/h2-4,7-8,13-14,19H,5-6,9-11H2,1H3. The van der Waals surface area contributed by atoms with Crippen LogP contribution < -0.4 is 5.32 Å². The van der Waals surface area contributed by atoms with Gasteiger partial charge in [-0.3, -0.25) is 4.90 Å². The Hall–Kier alpha value is -1.07. The summed E-state index contributed by atoms with van der Waals surface area (Å²) in [6, 6.07) is 6.68. The van der Waals surface area contributed by atoms with E-state index in [9.17, 15) is 13.2 Å². The molecular weight excluding hydrogens is 265 g/mol. The van der Waals surface area contributed by atoms with Crippen molar-refractivity contribution in [1.82, 2.24) is 10.2 Å². The fraction of sp³-hybridized carbons (Fsp3) is 0.600. The second kappa shape index (κ2) is 6.59. The molecule has 2 unspecified atom stereocenters. The topological polar surface area (TPSA) is 15.3 Å². The Morgan fingerprint density at radius 2 is 1.95 bits per heavy atom. The lowest BCUT2D eigenvalue weighted by Gasteiger charge is -2.42. The minimum atomic E-state index is -4.25. The van der Waals surface area contributed by atoms with Crippen molar-refractivity contribution in [3.63, 3.8) is 0 Å². The van der Waals surface area contributed by atoms with Gasteiger partial charge < -0.3 is 5.32 Å². The van der Waals surface area contributed by atoms with E-state index >= 15 is 0 Å². The Morgan fingerprint density at radius 3 is 2.55 bits per heavy atom. The molecular formula is C15H21F3N2. The van der Waals surface area contributed by atoms with E-state index in [1.165, 1.54) is 0 Å².